The lowest BCUT2D eigenvalue weighted by Crippen LogP contribution is -2.31. The van der Waals surface area contributed by atoms with Crippen molar-refractivity contribution in [3.63, 3.8) is 0 Å². The fourth-order valence-electron chi connectivity index (χ4n) is 1.83. The first kappa shape index (κ1) is 15.0. The van der Waals surface area contributed by atoms with Crippen LogP contribution in [0.1, 0.15) is 27.0 Å². The number of hydrogen-bond acceptors (Lipinski definition) is 4. The number of methoxy groups -OCH3 is 1. The van der Waals surface area contributed by atoms with Gasteiger partial charge in [0, 0.05) is 12.1 Å². The number of aryl methyl sites for hydroxylation is 1. The molecule has 1 heterocycles. The highest BCUT2D eigenvalue weighted by Crippen LogP contribution is 2.19. The van der Waals surface area contributed by atoms with E-state index in [9.17, 15) is 4.79 Å². The maximum absolute atomic E-state index is 12.2. The lowest BCUT2D eigenvalue weighted by Gasteiger charge is -2.18. The van der Waals surface area contributed by atoms with Gasteiger partial charge >= 0.3 is 0 Å². The number of benzene rings is 1. The maximum atomic E-state index is 12.2. The van der Waals surface area contributed by atoms with Gasteiger partial charge in [-0.15, -0.1) is 11.3 Å². The molecule has 0 unspecified atom stereocenters. The van der Waals surface area contributed by atoms with Gasteiger partial charge in [0.2, 0.25) is 0 Å². The Bertz CT molecular complexity index is 583. The van der Waals surface area contributed by atoms with Crippen LogP contribution >= 0.6 is 22.9 Å². The summed E-state index contributed by atoms with van der Waals surface area (Å²) in [4.78, 5) is 16.9. The minimum Gasteiger partial charge on any atom is -0.382 e. The van der Waals surface area contributed by atoms with Crippen LogP contribution in [-0.2, 0) is 4.74 Å². The Morgan fingerprint density at radius 2 is 2.15 bits per heavy atom. The fourth-order valence-corrected chi connectivity index (χ4v) is 2.66. The Hall–Kier alpha value is -1.43. The zero-order valence-corrected chi connectivity index (χ0v) is 12.8. The Morgan fingerprint density at radius 1 is 1.45 bits per heavy atom. The van der Waals surface area contributed by atoms with Crippen molar-refractivity contribution >= 4 is 28.8 Å². The number of hydrogen-bond donors (Lipinski definition) is 1. The average molecular weight is 311 g/mol. The maximum Gasteiger partial charge on any atom is 0.263 e. The van der Waals surface area contributed by atoms with Crippen molar-refractivity contribution in [1.29, 1.82) is 0 Å². The van der Waals surface area contributed by atoms with E-state index >= 15 is 0 Å². The summed E-state index contributed by atoms with van der Waals surface area (Å²) in [6.45, 7) is 2.21. The minimum absolute atomic E-state index is 0.137. The summed E-state index contributed by atoms with van der Waals surface area (Å²) < 4.78 is 5.18. The normalized spacial score (nSPS) is 12.2. The first-order valence-electron chi connectivity index (χ1n) is 6.07. The second-order valence-corrected chi connectivity index (χ2v) is 5.59. The summed E-state index contributed by atoms with van der Waals surface area (Å²) in [6, 6.07) is 7.14. The predicted octanol–water partition coefficient (Wildman–Crippen LogP) is 3.22. The number of nitrogens with one attached hydrogen (secondary N) is 1. The van der Waals surface area contributed by atoms with Crippen molar-refractivity contribution in [2.24, 2.45) is 0 Å². The van der Waals surface area contributed by atoms with Crippen LogP contribution in [-0.4, -0.2) is 24.6 Å². The van der Waals surface area contributed by atoms with Gasteiger partial charge in [-0.3, -0.25) is 4.79 Å². The summed E-state index contributed by atoms with van der Waals surface area (Å²) in [7, 11) is 1.60. The van der Waals surface area contributed by atoms with E-state index in [1.54, 1.807) is 24.8 Å². The number of nitrogens with zero attached hydrogens (tertiary/aromatic N) is 1. The summed E-state index contributed by atoms with van der Waals surface area (Å²) in [6.07, 6.45) is 0. The highest BCUT2D eigenvalue weighted by Gasteiger charge is 2.18. The molecule has 1 atom stereocenters. The predicted molar refractivity (Wildman–Crippen MR) is 80.4 cm³/mol. The third kappa shape index (κ3) is 3.56. The first-order chi connectivity index (χ1) is 9.61. The molecule has 4 nitrogen and oxygen atoms in total. The second kappa shape index (κ2) is 6.83. The molecule has 0 aliphatic carbocycles. The van der Waals surface area contributed by atoms with Crippen LogP contribution in [0.3, 0.4) is 0 Å². The van der Waals surface area contributed by atoms with Crippen molar-refractivity contribution in [1.82, 2.24) is 10.3 Å². The van der Waals surface area contributed by atoms with Crippen LogP contribution in [0.15, 0.2) is 29.8 Å². The lowest BCUT2D eigenvalue weighted by atomic mass is 10.1. The van der Waals surface area contributed by atoms with Gasteiger partial charge in [0.15, 0.2) is 0 Å². The van der Waals surface area contributed by atoms with Crippen molar-refractivity contribution in [3.8, 4) is 0 Å². The summed E-state index contributed by atoms with van der Waals surface area (Å²) >= 11 is 7.21. The van der Waals surface area contributed by atoms with Crippen LogP contribution < -0.4 is 5.32 Å². The zero-order chi connectivity index (χ0) is 14.5. The number of halogens is 1. The van der Waals surface area contributed by atoms with E-state index in [-0.39, 0.29) is 11.9 Å². The number of ether oxygens (including phenoxy) is 1. The van der Waals surface area contributed by atoms with Gasteiger partial charge in [-0.05, 0) is 24.6 Å². The van der Waals surface area contributed by atoms with E-state index in [0.717, 1.165) is 11.3 Å². The number of carbonyl (C=O) groups excluding carboxylic acids is 1. The van der Waals surface area contributed by atoms with Crippen LogP contribution in [0.5, 0.6) is 0 Å². The van der Waals surface area contributed by atoms with Gasteiger partial charge in [-0.1, -0.05) is 23.7 Å². The number of carbonyl (C=O) groups is 1. The molecule has 1 aromatic heterocycles. The second-order valence-electron chi connectivity index (χ2n) is 4.30. The Kier molecular flexibility index (Phi) is 5.11. The van der Waals surface area contributed by atoms with Gasteiger partial charge in [0.25, 0.3) is 5.91 Å². The minimum atomic E-state index is -0.216. The number of thiazole rings is 1. The number of amides is 1. The van der Waals surface area contributed by atoms with Crippen molar-refractivity contribution in [3.05, 3.63) is 50.9 Å². The average Bonchev–Trinajstić information content (AvgIpc) is 2.85. The topological polar surface area (TPSA) is 51.2 Å². The molecule has 2 aromatic rings. The third-order valence-electron chi connectivity index (χ3n) is 2.86. The van der Waals surface area contributed by atoms with Crippen LogP contribution in [0.4, 0.5) is 0 Å². The highest BCUT2D eigenvalue weighted by molar-refractivity contribution is 7.11. The fraction of sp³-hybridized carbons (Fsp3) is 0.286. The smallest absolute Gasteiger partial charge is 0.263 e. The molecule has 1 N–H and O–H groups in total. The molecule has 2 rings (SSSR count). The summed E-state index contributed by atoms with van der Waals surface area (Å²) in [5, 5.41) is 3.62. The molecule has 0 aliphatic heterocycles. The van der Waals surface area contributed by atoms with Gasteiger partial charge < -0.3 is 10.1 Å². The largest absolute Gasteiger partial charge is 0.382 e. The van der Waals surface area contributed by atoms with E-state index in [1.807, 2.05) is 19.1 Å². The van der Waals surface area contributed by atoms with Gasteiger partial charge in [0.05, 0.1) is 23.9 Å². The molecule has 0 saturated heterocycles. The highest BCUT2D eigenvalue weighted by atomic mass is 35.5. The van der Waals surface area contributed by atoms with Crippen molar-refractivity contribution in [2.75, 3.05) is 13.7 Å². The molecule has 0 radical (unpaired) electrons. The van der Waals surface area contributed by atoms with Crippen LogP contribution in [0.2, 0.25) is 5.02 Å². The molecule has 1 amide bonds. The molecular weight excluding hydrogens is 296 g/mol. The Balaban J connectivity index is 2.15. The van der Waals surface area contributed by atoms with E-state index < -0.39 is 0 Å². The Labute approximate surface area is 126 Å². The van der Waals surface area contributed by atoms with E-state index in [4.69, 9.17) is 16.3 Å². The molecule has 106 valence electrons. The molecule has 6 heteroatoms. The number of aromatic nitrogens is 1. The number of rotatable bonds is 5. The van der Waals surface area contributed by atoms with Crippen LogP contribution in [0, 0.1) is 6.92 Å². The first-order valence-corrected chi connectivity index (χ1v) is 7.33. The van der Waals surface area contributed by atoms with E-state index in [1.165, 1.54) is 11.3 Å². The molecule has 0 aliphatic rings. The lowest BCUT2D eigenvalue weighted by molar-refractivity contribution is 0.0900. The standard InChI is InChI=1S/C14H15ClN2O2S/c1-9-13(20-8-16-9)14(18)17-12(7-19-2)10-3-5-11(15)6-4-10/h3-6,8,12H,7H2,1-2H3,(H,17,18)/t12-/m0/s1. The monoisotopic (exact) mass is 310 g/mol. The van der Waals surface area contributed by atoms with Gasteiger partial charge in [0.1, 0.15) is 4.88 Å². The van der Waals surface area contributed by atoms with E-state index in [0.29, 0.717) is 16.5 Å². The van der Waals surface area contributed by atoms with Gasteiger partial charge in [-0.25, -0.2) is 4.98 Å². The molecule has 0 saturated carbocycles. The summed E-state index contributed by atoms with van der Waals surface area (Å²) in [5.74, 6) is -0.137. The van der Waals surface area contributed by atoms with Crippen LogP contribution in [0.25, 0.3) is 0 Å². The molecule has 1 aromatic carbocycles. The third-order valence-corrected chi connectivity index (χ3v) is 4.04. The SMILES string of the molecule is COC[C@H](NC(=O)c1scnc1C)c1ccc(Cl)cc1. The molecular formula is C14H15ClN2O2S. The molecule has 20 heavy (non-hydrogen) atoms. The molecule has 0 bridgehead atoms. The Morgan fingerprint density at radius 3 is 2.70 bits per heavy atom. The van der Waals surface area contributed by atoms with Gasteiger partial charge in [-0.2, -0.15) is 0 Å². The van der Waals surface area contributed by atoms with Crippen molar-refractivity contribution in [2.45, 2.75) is 13.0 Å². The molecule has 0 spiro atoms. The summed E-state index contributed by atoms with van der Waals surface area (Å²) in [5.41, 5.74) is 3.35. The zero-order valence-electron chi connectivity index (χ0n) is 11.2. The molecule has 0 fully saturated rings. The van der Waals surface area contributed by atoms with Crippen molar-refractivity contribution < 1.29 is 9.53 Å². The quantitative estimate of drug-likeness (QED) is 0.922. The van der Waals surface area contributed by atoms with E-state index in [2.05, 4.69) is 10.3 Å².